The summed E-state index contributed by atoms with van der Waals surface area (Å²) >= 11 is 0. The predicted molar refractivity (Wildman–Crippen MR) is 79.3 cm³/mol. The summed E-state index contributed by atoms with van der Waals surface area (Å²) in [6.45, 7) is 2.21. The maximum Gasteiger partial charge on any atom is 0.407 e. The highest BCUT2D eigenvalue weighted by molar-refractivity contribution is 6.03. The Hall–Kier alpha value is -2.90. The molecule has 0 atom stereocenters. The molecule has 0 bridgehead atoms. The Bertz CT molecular complexity index is 668. The highest BCUT2D eigenvalue weighted by atomic mass is 16.5. The van der Waals surface area contributed by atoms with E-state index in [2.05, 4.69) is 20.7 Å². The molecule has 0 aliphatic heterocycles. The first-order valence-corrected chi connectivity index (χ1v) is 6.75. The van der Waals surface area contributed by atoms with Crippen LogP contribution < -0.4 is 10.6 Å². The summed E-state index contributed by atoms with van der Waals surface area (Å²) in [4.78, 5) is 27.5. The summed E-state index contributed by atoms with van der Waals surface area (Å²) in [7, 11) is 1.73. The highest BCUT2D eigenvalue weighted by Crippen LogP contribution is 2.08. The lowest BCUT2D eigenvalue weighted by Crippen LogP contribution is -2.24. The van der Waals surface area contributed by atoms with Gasteiger partial charge in [0, 0.05) is 24.9 Å². The number of alkyl carbamates (subject to hydrolysis) is 1. The van der Waals surface area contributed by atoms with Crippen molar-refractivity contribution in [1.29, 1.82) is 0 Å². The van der Waals surface area contributed by atoms with Gasteiger partial charge in [0.25, 0.3) is 5.91 Å². The van der Waals surface area contributed by atoms with E-state index in [1.165, 1.54) is 6.20 Å². The molecule has 8 nitrogen and oxygen atoms in total. The average molecular weight is 303 g/mol. The maximum absolute atomic E-state index is 12.2. The number of anilines is 1. The quantitative estimate of drug-likeness (QED) is 0.868. The molecule has 0 spiro atoms. The number of amides is 2. The first-order chi connectivity index (χ1) is 10.6. The number of nitrogens with zero attached hydrogens (tertiary/aromatic N) is 3. The highest BCUT2D eigenvalue weighted by Gasteiger charge is 2.10. The molecule has 2 heterocycles. The van der Waals surface area contributed by atoms with Crippen LogP contribution in [0.3, 0.4) is 0 Å². The van der Waals surface area contributed by atoms with Gasteiger partial charge in [-0.1, -0.05) is 0 Å². The fourth-order valence-corrected chi connectivity index (χ4v) is 1.75. The number of carbonyl (C=O) groups excluding carboxylic acids is 2. The number of aryl methyl sites for hydroxylation is 1. The molecule has 0 radical (unpaired) electrons. The molecule has 2 N–H and O–H groups in total. The van der Waals surface area contributed by atoms with E-state index in [1.807, 2.05) is 0 Å². The second-order valence-electron chi connectivity index (χ2n) is 4.40. The van der Waals surface area contributed by atoms with E-state index in [4.69, 9.17) is 4.74 Å². The topological polar surface area (TPSA) is 98.1 Å². The van der Waals surface area contributed by atoms with Crippen LogP contribution in [-0.2, 0) is 18.3 Å². The molecule has 0 saturated carbocycles. The first kappa shape index (κ1) is 15.5. The van der Waals surface area contributed by atoms with Crippen LogP contribution in [0.5, 0.6) is 0 Å². The van der Waals surface area contributed by atoms with Gasteiger partial charge < -0.3 is 15.4 Å². The van der Waals surface area contributed by atoms with Crippen molar-refractivity contribution in [3.63, 3.8) is 0 Å². The molecule has 0 fully saturated rings. The van der Waals surface area contributed by atoms with E-state index < -0.39 is 6.09 Å². The third kappa shape index (κ3) is 4.05. The van der Waals surface area contributed by atoms with Crippen molar-refractivity contribution in [2.75, 3.05) is 11.9 Å². The van der Waals surface area contributed by atoms with Crippen LogP contribution in [0.4, 0.5) is 10.6 Å². The standard InChI is InChI=1S/C14H17N5O3/c1-3-22-14(21)16-9-11-8-10(4-6-15-11)13(20)18-12-5-7-17-19(12)2/h4-8H,3,9H2,1-2H3,(H,16,21)(H,18,20). The van der Waals surface area contributed by atoms with Gasteiger partial charge in [-0.2, -0.15) is 5.10 Å². The van der Waals surface area contributed by atoms with Gasteiger partial charge in [-0.05, 0) is 19.1 Å². The van der Waals surface area contributed by atoms with E-state index in [9.17, 15) is 9.59 Å². The lowest BCUT2D eigenvalue weighted by atomic mass is 10.2. The molecule has 116 valence electrons. The molecule has 0 saturated heterocycles. The molecule has 0 aliphatic carbocycles. The minimum atomic E-state index is -0.519. The van der Waals surface area contributed by atoms with E-state index in [0.717, 1.165) is 0 Å². The van der Waals surface area contributed by atoms with Gasteiger partial charge >= 0.3 is 6.09 Å². The number of hydrogen-bond acceptors (Lipinski definition) is 5. The lowest BCUT2D eigenvalue weighted by Gasteiger charge is -2.07. The van der Waals surface area contributed by atoms with Crippen LogP contribution in [0.2, 0.25) is 0 Å². The Balaban J connectivity index is 2.00. The lowest BCUT2D eigenvalue weighted by molar-refractivity contribution is 0.102. The third-order valence-electron chi connectivity index (χ3n) is 2.83. The number of pyridine rings is 1. The van der Waals surface area contributed by atoms with Gasteiger partial charge in [-0.3, -0.25) is 14.5 Å². The van der Waals surface area contributed by atoms with Crippen LogP contribution in [0.15, 0.2) is 30.6 Å². The number of nitrogens with one attached hydrogen (secondary N) is 2. The first-order valence-electron chi connectivity index (χ1n) is 6.75. The second kappa shape index (κ2) is 7.21. The largest absolute Gasteiger partial charge is 0.450 e. The fourth-order valence-electron chi connectivity index (χ4n) is 1.75. The normalized spacial score (nSPS) is 10.1. The Morgan fingerprint density at radius 3 is 2.82 bits per heavy atom. The van der Waals surface area contributed by atoms with E-state index in [-0.39, 0.29) is 12.5 Å². The van der Waals surface area contributed by atoms with Crippen molar-refractivity contribution in [2.24, 2.45) is 7.05 Å². The summed E-state index contributed by atoms with van der Waals surface area (Å²) < 4.78 is 6.32. The molecule has 8 heteroatoms. The molecular formula is C14H17N5O3. The number of carbonyl (C=O) groups is 2. The Morgan fingerprint density at radius 1 is 1.32 bits per heavy atom. The van der Waals surface area contributed by atoms with Crippen LogP contribution in [0, 0.1) is 0 Å². The van der Waals surface area contributed by atoms with Gasteiger partial charge in [0.15, 0.2) is 0 Å². The minimum absolute atomic E-state index is 0.186. The minimum Gasteiger partial charge on any atom is -0.450 e. The van der Waals surface area contributed by atoms with Gasteiger partial charge in [0.05, 0.1) is 25.0 Å². The van der Waals surface area contributed by atoms with Crippen molar-refractivity contribution in [3.05, 3.63) is 41.9 Å². The maximum atomic E-state index is 12.2. The smallest absolute Gasteiger partial charge is 0.407 e. The van der Waals surface area contributed by atoms with Gasteiger partial charge in [0.2, 0.25) is 0 Å². The zero-order valence-electron chi connectivity index (χ0n) is 12.4. The predicted octanol–water partition coefficient (Wildman–Crippen LogP) is 1.31. The molecular weight excluding hydrogens is 286 g/mol. The summed E-state index contributed by atoms with van der Waals surface area (Å²) in [6, 6.07) is 4.90. The summed E-state index contributed by atoms with van der Waals surface area (Å²) in [5.74, 6) is 0.316. The summed E-state index contributed by atoms with van der Waals surface area (Å²) in [5, 5.41) is 9.27. The van der Waals surface area contributed by atoms with Crippen molar-refractivity contribution < 1.29 is 14.3 Å². The number of hydrogen-bond donors (Lipinski definition) is 2. The molecule has 0 unspecified atom stereocenters. The molecule has 2 aromatic rings. The number of aromatic nitrogens is 3. The van der Waals surface area contributed by atoms with Crippen LogP contribution in [-0.4, -0.2) is 33.4 Å². The Morgan fingerprint density at radius 2 is 2.14 bits per heavy atom. The number of rotatable bonds is 5. The van der Waals surface area contributed by atoms with Crippen LogP contribution in [0.1, 0.15) is 23.0 Å². The van der Waals surface area contributed by atoms with Crippen molar-refractivity contribution in [1.82, 2.24) is 20.1 Å². The number of ether oxygens (including phenoxy) is 1. The van der Waals surface area contributed by atoms with Crippen molar-refractivity contribution >= 4 is 17.8 Å². The molecule has 0 aromatic carbocycles. The fraction of sp³-hybridized carbons (Fsp3) is 0.286. The third-order valence-corrected chi connectivity index (χ3v) is 2.83. The Labute approximate surface area is 127 Å². The van der Waals surface area contributed by atoms with Crippen LogP contribution >= 0.6 is 0 Å². The SMILES string of the molecule is CCOC(=O)NCc1cc(C(=O)Nc2ccnn2C)ccn1. The second-order valence-corrected chi connectivity index (χ2v) is 4.40. The van der Waals surface area contributed by atoms with Gasteiger partial charge in [-0.25, -0.2) is 4.79 Å². The van der Waals surface area contributed by atoms with E-state index in [0.29, 0.717) is 23.7 Å². The molecule has 2 rings (SSSR count). The van der Waals surface area contributed by atoms with Gasteiger partial charge in [0.1, 0.15) is 5.82 Å². The van der Waals surface area contributed by atoms with Gasteiger partial charge in [-0.15, -0.1) is 0 Å². The molecule has 2 amide bonds. The molecule has 2 aromatic heterocycles. The van der Waals surface area contributed by atoms with E-state index >= 15 is 0 Å². The van der Waals surface area contributed by atoms with Crippen molar-refractivity contribution in [3.8, 4) is 0 Å². The summed E-state index contributed by atoms with van der Waals surface area (Å²) in [6.07, 6.45) is 2.59. The monoisotopic (exact) mass is 303 g/mol. The summed E-state index contributed by atoms with van der Waals surface area (Å²) in [5.41, 5.74) is 1.00. The molecule has 22 heavy (non-hydrogen) atoms. The van der Waals surface area contributed by atoms with Crippen molar-refractivity contribution in [2.45, 2.75) is 13.5 Å². The zero-order valence-corrected chi connectivity index (χ0v) is 12.4. The average Bonchev–Trinajstić information content (AvgIpc) is 2.91. The zero-order chi connectivity index (χ0) is 15.9. The molecule has 0 aliphatic rings. The Kier molecular flexibility index (Phi) is 5.07. The van der Waals surface area contributed by atoms with E-state index in [1.54, 1.807) is 43.0 Å². The van der Waals surface area contributed by atoms with Crippen LogP contribution in [0.25, 0.3) is 0 Å².